The number of rotatable bonds is 3. The molecule has 1 atom stereocenters. The highest BCUT2D eigenvalue weighted by molar-refractivity contribution is 5.88. The second-order valence-corrected chi connectivity index (χ2v) is 5.84. The lowest BCUT2D eigenvalue weighted by atomic mass is 10.1. The Balaban J connectivity index is 1.53. The molecule has 0 bridgehead atoms. The maximum Gasteiger partial charge on any atom is 0.316 e. The maximum atomic E-state index is 5.94. The predicted molar refractivity (Wildman–Crippen MR) is 86.6 cm³/mol. The number of pyridine rings is 1. The predicted octanol–water partition coefficient (Wildman–Crippen LogP) is 2.97. The Bertz CT molecular complexity index is 800. The number of fused-ring (bicyclic) bond motifs is 1. The van der Waals surface area contributed by atoms with E-state index in [4.69, 9.17) is 9.15 Å². The molecule has 4 rings (SSSR count). The molecule has 23 heavy (non-hydrogen) atoms. The fraction of sp³-hybridized carbons (Fsp3) is 0.353. The summed E-state index contributed by atoms with van der Waals surface area (Å²) < 4.78 is 11.4. The summed E-state index contributed by atoms with van der Waals surface area (Å²) in [7, 11) is 0. The van der Waals surface area contributed by atoms with Gasteiger partial charge in [-0.3, -0.25) is 0 Å². The largest absolute Gasteiger partial charge is 0.464 e. The van der Waals surface area contributed by atoms with Gasteiger partial charge in [-0.1, -0.05) is 0 Å². The Kier molecular flexibility index (Phi) is 3.57. The summed E-state index contributed by atoms with van der Waals surface area (Å²) in [5.41, 5.74) is 1.89. The van der Waals surface area contributed by atoms with E-state index >= 15 is 0 Å². The van der Waals surface area contributed by atoms with Crippen molar-refractivity contribution >= 4 is 16.8 Å². The molecule has 1 saturated heterocycles. The lowest BCUT2D eigenvalue weighted by Gasteiger charge is -2.33. The summed E-state index contributed by atoms with van der Waals surface area (Å²) in [6.45, 7) is 3.70. The molecule has 0 N–H and O–H groups in total. The van der Waals surface area contributed by atoms with Gasteiger partial charge in [-0.2, -0.15) is 0 Å². The fourth-order valence-corrected chi connectivity index (χ4v) is 2.95. The van der Waals surface area contributed by atoms with Crippen LogP contribution in [0.2, 0.25) is 0 Å². The summed E-state index contributed by atoms with van der Waals surface area (Å²) in [6.07, 6.45) is 9.15. The van der Waals surface area contributed by atoms with E-state index in [0.29, 0.717) is 6.01 Å². The van der Waals surface area contributed by atoms with Crippen LogP contribution in [-0.4, -0.2) is 34.1 Å². The first kappa shape index (κ1) is 14.0. The number of anilines is 1. The van der Waals surface area contributed by atoms with Crippen LogP contribution in [-0.2, 0) is 0 Å². The molecule has 6 heteroatoms. The Morgan fingerprint density at radius 1 is 1.22 bits per heavy atom. The number of aromatic nitrogens is 3. The molecule has 0 aromatic carbocycles. The normalized spacial score (nSPS) is 18.3. The summed E-state index contributed by atoms with van der Waals surface area (Å²) in [5.74, 6) is 0.953. The zero-order valence-corrected chi connectivity index (χ0v) is 13.0. The molecule has 1 aliphatic rings. The van der Waals surface area contributed by atoms with E-state index in [1.807, 2.05) is 19.1 Å². The molecule has 6 nitrogen and oxygen atoms in total. The average molecular weight is 310 g/mol. The molecule has 118 valence electrons. The third-order valence-corrected chi connectivity index (χ3v) is 4.07. The van der Waals surface area contributed by atoms with E-state index in [1.165, 1.54) is 0 Å². The summed E-state index contributed by atoms with van der Waals surface area (Å²) in [6, 6.07) is 4.29. The van der Waals surface area contributed by atoms with Crippen molar-refractivity contribution < 1.29 is 9.15 Å². The van der Waals surface area contributed by atoms with Crippen LogP contribution in [0.4, 0.5) is 5.82 Å². The van der Waals surface area contributed by atoms with Crippen LogP contribution in [0.25, 0.3) is 11.0 Å². The highest BCUT2D eigenvalue weighted by Gasteiger charge is 2.24. The number of hydrogen-bond acceptors (Lipinski definition) is 6. The highest BCUT2D eigenvalue weighted by Crippen LogP contribution is 2.28. The summed E-state index contributed by atoms with van der Waals surface area (Å²) >= 11 is 0. The van der Waals surface area contributed by atoms with E-state index in [2.05, 4.69) is 19.9 Å². The second kappa shape index (κ2) is 5.87. The lowest BCUT2D eigenvalue weighted by Crippen LogP contribution is -2.41. The van der Waals surface area contributed by atoms with Crippen molar-refractivity contribution in [2.75, 3.05) is 18.0 Å². The van der Waals surface area contributed by atoms with Gasteiger partial charge >= 0.3 is 6.01 Å². The Labute approximate surface area is 134 Å². The van der Waals surface area contributed by atoms with Gasteiger partial charge in [-0.15, -0.1) is 0 Å². The molecule has 0 spiro atoms. The van der Waals surface area contributed by atoms with Crippen molar-refractivity contribution in [1.29, 1.82) is 0 Å². The van der Waals surface area contributed by atoms with Crippen molar-refractivity contribution in [1.82, 2.24) is 15.0 Å². The number of furan rings is 1. The van der Waals surface area contributed by atoms with Gasteiger partial charge in [0.05, 0.1) is 18.2 Å². The van der Waals surface area contributed by atoms with Crippen LogP contribution in [0.15, 0.2) is 41.4 Å². The minimum absolute atomic E-state index is 0.0652. The van der Waals surface area contributed by atoms with Crippen LogP contribution in [0.1, 0.15) is 18.4 Å². The van der Waals surface area contributed by atoms with E-state index in [1.54, 1.807) is 24.9 Å². The molecule has 3 aromatic rings. The minimum atomic E-state index is 0.0652. The number of ether oxygens (including phenoxy) is 1. The monoisotopic (exact) mass is 310 g/mol. The molecule has 1 unspecified atom stereocenters. The van der Waals surface area contributed by atoms with Gasteiger partial charge in [0, 0.05) is 25.1 Å². The standard InChI is InChI=1S/C17H18N4O2/c1-12-9-19-17(20-10-12)23-13-3-2-7-21(11-13)16-14-5-8-22-15(14)4-6-18-16/h4-6,8-10,13H,2-3,7,11H2,1H3. The SMILES string of the molecule is Cc1cnc(OC2CCCN(c3nccc4occc34)C2)nc1. The van der Waals surface area contributed by atoms with Gasteiger partial charge in [0.1, 0.15) is 17.5 Å². The van der Waals surface area contributed by atoms with Crippen LogP contribution < -0.4 is 9.64 Å². The highest BCUT2D eigenvalue weighted by atomic mass is 16.5. The molecular formula is C17H18N4O2. The van der Waals surface area contributed by atoms with Crippen molar-refractivity contribution in [2.24, 2.45) is 0 Å². The van der Waals surface area contributed by atoms with E-state index < -0.39 is 0 Å². The van der Waals surface area contributed by atoms with E-state index in [0.717, 1.165) is 48.3 Å². The maximum absolute atomic E-state index is 5.94. The van der Waals surface area contributed by atoms with Crippen LogP contribution >= 0.6 is 0 Å². The fourth-order valence-electron chi connectivity index (χ4n) is 2.95. The molecule has 0 saturated carbocycles. The van der Waals surface area contributed by atoms with Crippen molar-refractivity contribution in [3.8, 4) is 6.01 Å². The molecule has 0 aliphatic carbocycles. The van der Waals surface area contributed by atoms with Crippen LogP contribution in [0.5, 0.6) is 6.01 Å². The van der Waals surface area contributed by atoms with Crippen molar-refractivity contribution in [2.45, 2.75) is 25.9 Å². The number of nitrogens with zero attached hydrogens (tertiary/aromatic N) is 4. The van der Waals surface area contributed by atoms with Gasteiger partial charge in [0.2, 0.25) is 0 Å². The van der Waals surface area contributed by atoms with Crippen LogP contribution in [0, 0.1) is 6.92 Å². The molecule has 0 radical (unpaired) electrons. The third-order valence-electron chi connectivity index (χ3n) is 4.07. The third kappa shape index (κ3) is 2.84. The lowest BCUT2D eigenvalue weighted by molar-refractivity contribution is 0.164. The quantitative estimate of drug-likeness (QED) is 0.741. The van der Waals surface area contributed by atoms with Crippen molar-refractivity contribution in [3.05, 3.63) is 42.5 Å². The van der Waals surface area contributed by atoms with Gasteiger partial charge in [0.25, 0.3) is 0 Å². The Hall–Kier alpha value is -2.63. The first-order valence-electron chi connectivity index (χ1n) is 7.82. The number of hydrogen-bond donors (Lipinski definition) is 0. The molecule has 3 aromatic heterocycles. The van der Waals surface area contributed by atoms with Gasteiger partial charge in [-0.25, -0.2) is 15.0 Å². The molecule has 1 aliphatic heterocycles. The zero-order chi connectivity index (χ0) is 15.6. The topological polar surface area (TPSA) is 64.3 Å². The van der Waals surface area contributed by atoms with E-state index in [9.17, 15) is 0 Å². The Morgan fingerprint density at radius 2 is 2.09 bits per heavy atom. The second-order valence-electron chi connectivity index (χ2n) is 5.84. The molecule has 0 amide bonds. The molecule has 1 fully saturated rings. The molecular weight excluding hydrogens is 292 g/mol. The minimum Gasteiger partial charge on any atom is -0.464 e. The summed E-state index contributed by atoms with van der Waals surface area (Å²) in [4.78, 5) is 15.2. The first-order chi connectivity index (χ1) is 11.3. The van der Waals surface area contributed by atoms with E-state index in [-0.39, 0.29) is 6.10 Å². The number of piperidine rings is 1. The smallest absolute Gasteiger partial charge is 0.316 e. The van der Waals surface area contributed by atoms with Crippen molar-refractivity contribution in [3.63, 3.8) is 0 Å². The zero-order valence-electron chi connectivity index (χ0n) is 13.0. The van der Waals surface area contributed by atoms with Gasteiger partial charge < -0.3 is 14.1 Å². The molecule has 4 heterocycles. The summed E-state index contributed by atoms with van der Waals surface area (Å²) in [5, 5.41) is 1.04. The average Bonchev–Trinajstić information content (AvgIpc) is 3.06. The number of aryl methyl sites for hydroxylation is 1. The Morgan fingerprint density at radius 3 is 2.96 bits per heavy atom. The first-order valence-corrected chi connectivity index (χ1v) is 7.82. The van der Waals surface area contributed by atoms with Crippen LogP contribution in [0.3, 0.4) is 0 Å². The van der Waals surface area contributed by atoms with Gasteiger partial charge in [-0.05, 0) is 37.5 Å². The van der Waals surface area contributed by atoms with Gasteiger partial charge in [0.15, 0.2) is 0 Å².